The Balaban J connectivity index is 0.000000221. The number of hydrogen-bond acceptors (Lipinski definition) is 8. The van der Waals surface area contributed by atoms with E-state index < -0.39 is 17.7 Å². The summed E-state index contributed by atoms with van der Waals surface area (Å²) in [5.74, 6) is -2.87. The number of halogens is 2. The zero-order valence-electron chi connectivity index (χ0n) is 15.8. The van der Waals surface area contributed by atoms with Crippen LogP contribution in [0.5, 0.6) is 0 Å². The molecule has 1 N–H and O–H groups in total. The molecule has 29 heavy (non-hydrogen) atoms. The Kier molecular flexibility index (Phi) is 7.74. The predicted octanol–water partition coefficient (Wildman–Crippen LogP) is 3.03. The fourth-order valence-electron chi connectivity index (χ4n) is 2.17. The van der Waals surface area contributed by atoms with Gasteiger partial charge >= 0.3 is 17.9 Å². The van der Waals surface area contributed by atoms with Gasteiger partial charge in [-0.3, -0.25) is 9.78 Å². The molecule has 1 aromatic rings. The molecule has 0 unspecified atom stereocenters. The van der Waals surface area contributed by atoms with E-state index in [1.165, 1.54) is 21.0 Å². The number of hydrogen-bond donors (Lipinski definition) is 1. The van der Waals surface area contributed by atoms with Crippen LogP contribution >= 0.6 is 31.9 Å². The molecule has 8 nitrogen and oxygen atoms in total. The first-order chi connectivity index (χ1) is 13.6. The molecule has 0 spiro atoms. The van der Waals surface area contributed by atoms with Crippen molar-refractivity contribution in [1.82, 2.24) is 10.3 Å². The molecule has 154 valence electrons. The zero-order valence-corrected chi connectivity index (χ0v) is 19.0. The van der Waals surface area contributed by atoms with Gasteiger partial charge in [-0.1, -0.05) is 0 Å². The van der Waals surface area contributed by atoms with Gasteiger partial charge in [-0.05, 0) is 56.1 Å². The minimum atomic E-state index is -1.22. The Morgan fingerprint density at radius 1 is 1.17 bits per heavy atom. The Hall–Kier alpha value is -2.46. The van der Waals surface area contributed by atoms with E-state index in [1.54, 1.807) is 30.6 Å². The monoisotopic (exact) mass is 528 g/mol. The average Bonchev–Trinajstić information content (AvgIpc) is 2.64. The standard InChI is InChI=1S/C11H10BrNO4.C8H8BrNO2/c1-11(2)16-9(14)8(10(15)17-11)7-4-3-6(12)5-13-7;1-12-8(11)4-7-3-2-6(9)5-10-7/h3-5,13H,1-2H3;2-3,5H,4H2,1H3. The molecule has 1 saturated heterocycles. The van der Waals surface area contributed by atoms with E-state index in [1.807, 2.05) is 6.07 Å². The van der Waals surface area contributed by atoms with Gasteiger partial charge in [-0.2, -0.15) is 0 Å². The molecule has 2 aliphatic heterocycles. The number of esters is 3. The van der Waals surface area contributed by atoms with Crippen LogP contribution in [0.15, 0.2) is 56.9 Å². The Morgan fingerprint density at radius 2 is 1.83 bits per heavy atom. The van der Waals surface area contributed by atoms with Gasteiger partial charge in [0.2, 0.25) is 0 Å². The topological polar surface area (TPSA) is 104 Å². The summed E-state index contributed by atoms with van der Waals surface area (Å²) in [7, 11) is 1.36. The fourth-order valence-corrected chi connectivity index (χ4v) is 2.65. The molecule has 0 aromatic carbocycles. The molecular formula is C19H18Br2N2O6. The third-order valence-corrected chi connectivity index (χ3v) is 4.43. The van der Waals surface area contributed by atoms with Crippen LogP contribution in [0.4, 0.5) is 0 Å². The van der Waals surface area contributed by atoms with Crippen molar-refractivity contribution >= 4 is 49.8 Å². The Bertz CT molecular complexity index is 882. The summed E-state index contributed by atoms with van der Waals surface area (Å²) in [6.45, 7) is 3.01. The molecule has 10 heteroatoms. The predicted molar refractivity (Wildman–Crippen MR) is 110 cm³/mol. The highest BCUT2D eigenvalue weighted by Crippen LogP contribution is 2.25. The molecule has 0 amide bonds. The van der Waals surface area contributed by atoms with Crippen LogP contribution in [0.1, 0.15) is 19.5 Å². The first-order valence-corrected chi connectivity index (χ1v) is 9.88. The second-order valence-corrected chi connectivity index (χ2v) is 8.03. The van der Waals surface area contributed by atoms with Gasteiger partial charge in [0.25, 0.3) is 5.79 Å². The lowest BCUT2D eigenvalue weighted by molar-refractivity contribution is -0.222. The molecule has 2 aliphatic rings. The van der Waals surface area contributed by atoms with Gasteiger partial charge in [0.1, 0.15) is 0 Å². The number of carbonyl (C=O) groups excluding carboxylic acids is 3. The van der Waals surface area contributed by atoms with Crippen molar-refractivity contribution in [2.24, 2.45) is 0 Å². The SMILES string of the molecule is CC1(C)OC(=O)C(=C2C=CC(Br)=CN2)C(=O)O1.COC(=O)Cc1ccc(Br)cn1. The number of rotatable bonds is 2. The third kappa shape index (κ3) is 6.82. The van der Waals surface area contributed by atoms with E-state index >= 15 is 0 Å². The number of ether oxygens (including phenoxy) is 3. The van der Waals surface area contributed by atoms with Crippen molar-refractivity contribution < 1.29 is 28.6 Å². The molecule has 1 fully saturated rings. The Morgan fingerprint density at radius 3 is 2.31 bits per heavy atom. The van der Waals surface area contributed by atoms with E-state index in [4.69, 9.17) is 9.47 Å². The quantitative estimate of drug-likeness (QED) is 0.354. The number of methoxy groups -OCH3 is 1. The number of dihydropyridines is 1. The number of allylic oxidation sites excluding steroid dienone is 3. The summed E-state index contributed by atoms with van der Waals surface area (Å²) in [6, 6.07) is 3.62. The van der Waals surface area contributed by atoms with Gasteiger partial charge < -0.3 is 19.5 Å². The number of aromatic nitrogens is 1. The van der Waals surface area contributed by atoms with E-state index in [0.29, 0.717) is 11.4 Å². The van der Waals surface area contributed by atoms with Crippen LogP contribution in [-0.2, 0) is 35.0 Å². The summed E-state index contributed by atoms with van der Waals surface area (Å²) in [5, 5.41) is 2.81. The molecule has 3 rings (SSSR count). The van der Waals surface area contributed by atoms with Crippen LogP contribution in [-0.4, -0.2) is 35.8 Å². The second-order valence-electron chi connectivity index (χ2n) is 6.20. The van der Waals surface area contributed by atoms with Crippen molar-refractivity contribution in [2.45, 2.75) is 26.1 Å². The maximum atomic E-state index is 11.7. The van der Waals surface area contributed by atoms with E-state index in [0.717, 1.165) is 8.96 Å². The van der Waals surface area contributed by atoms with Crippen molar-refractivity contribution in [3.63, 3.8) is 0 Å². The first-order valence-electron chi connectivity index (χ1n) is 8.30. The summed E-state index contributed by atoms with van der Waals surface area (Å²) in [6.07, 6.45) is 6.80. The molecule has 0 atom stereocenters. The van der Waals surface area contributed by atoms with Crippen molar-refractivity contribution in [1.29, 1.82) is 0 Å². The van der Waals surface area contributed by atoms with Crippen LogP contribution in [0.2, 0.25) is 0 Å². The molecule has 0 bridgehead atoms. The van der Waals surface area contributed by atoms with Crippen molar-refractivity contribution in [3.05, 3.63) is 62.6 Å². The normalized spacial score (nSPS) is 17.2. The van der Waals surface area contributed by atoms with Gasteiger partial charge in [0.05, 0.1) is 24.9 Å². The van der Waals surface area contributed by atoms with Gasteiger partial charge in [0, 0.05) is 35.2 Å². The summed E-state index contributed by atoms with van der Waals surface area (Å²) in [5.41, 5.74) is 0.945. The minimum Gasteiger partial charge on any atom is -0.469 e. The summed E-state index contributed by atoms with van der Waals surface area (Å²) < 4.78 is 16.2. The molecule has 3 heterocycles. The number of cyclic esters (lactones) is 2. The van der Waals surface area contributed by atoms with E-state index in [2.05, 4.69) is 46.9 Å². The minimum absolute atomic E-state index is 0.128. The number of carbonyl (C=O) groups is 3. The summed E-state index contributed by atoms with van der Waals surface area (Å²) >= 11 is 6.49. The number of nitrogens with one attached hydrogen (secondary N) is 1. The highest BCUT2D eigenvalue weighted by molar-refractivity contribution is 9.12. The van der Waals surface area contributed by atoms with Crippen LogP contribution in [0, 0.1) is 0 Å². The third-order valence-electron chi connectivity index (χ3n) is 3.47. The molecule has 0 saturated carbocycles. The maximum absolute atomic E-state index is 11.7. The second kappa shape index (κ2) is 9.84. The zero-order chi connectivity index (χ0) is 21.6. The van der Waals surface area contributed by atoms with E-state index in [9.17, 15) is 14.4 Å². The van der Waals surface area contributed by atoms with E-state index in [-0.39, 0.29) is 18.0 Å². The van der Waals surface area contributed by atoms with Crippen LogP contribution in [0.25, 0.3) is 0 Å². The first kappa shape index (κ1) is 22.8. The highest BCUT2D eigenvalue weighted by Gasteiger charge is 2.40. The lowest BCUT2D eigenvalue weighted by atomic mass is 10.1. The van der Waals surface area contributed by atoms with Gasteiger partial charge in [-0.25, -0.2) is 9.59 Å². The largest absolute Gasteiger partial charge is 0.469 e. The van der Waals surface area contributed by atoms with Crippen molar-refractivity contribution in [3.8, 4) is 0 Å². The highest BCUT2D eigenvalue weighted by atomic mass is 79.9. The number of nitrogens with zero attached hydrogens (tertiary/aromatic N) is 1. The molecular weight excluding hydrogens is 512 g/mol. The van der Waals surface area contributed by atoms with Crippen LogP contribution < -0.4 is 5.32 Å². The van der Waals surface area contributed by atoms with Gasteiger partial charge in [-0.15, -0.1) is 0 Å². The average molecular weight is 530 g/mol. The smallest absolute Gasteiger partial charge is 0.351 e. The lowest BCUT2D eigenvalue weighted by Gasteiger charge is -2.30. The van der Waals surface area contributed by atoms with Crippen LogP contribution in [0.3, 0.4) is 0 Å². The van der Waals surface area contributed by atoms with Gasteiger partial charge in [0.15, 0.2) is 5.57 Å². The van der Waals surface area contributed by atoms with Crippen molar-refractivity contribution in [2.75, 3.05) is 7.11 Å². The Labute approximate surface area is 184 Å². The number of pyridine rings is 1. The lowest BCUT2D eigenvalue weighted by Crippen LogP contribution is -2.43. The molecule has 0 radical (unpaired) electrons. The molecule has 1 aromatic heterocycles. The molecule has 0 aliphatic carbocycles. The summed E-state index contributed by atoms with van der Waals surface area (Å²) in [4.78, 5) is 38.2. The fraction of sp³-hybridized carbons (Fsp3) is 0.263. The maximum Gasteiger partial charge on any atom is 0.351 e.